The van der Waals surface area contributed by atoms with Gasteiger partial charge in [-0.05, 0) is 35.9 Å². The molecular formula is C20H24IrN-. The predicted molar refractivity (Wildman–Crippen MR) is 88.5 cm³/mol. The van der Waals surface area contributed by atoms with Crippen LogP contribution in [0, 0.1) is 13.0 Å². The SMILES string of the molecule is Cc1cccnc1-c1[c-]cc2c(c1)C(C)(C)CCC2(C)C.[Ir]. The summed E-state index contributed by atoms with van der Waals surface area (Å²) in [6.45, 7) is 11.5. The molecule has 0 saturated carbocycles. The number of aromatic nitrogens is 1. The van der Waals surface area contributed by atoms with Crippen molar-refractivity contribution in [3.63, 3.8) is 0 Å². The van der Waals surface area contributed by atoms with Gasteiger partial charge in [-0.2, -0.15) is 0 Å². The summed E-state index contributed by atoms with van der Waals surface area (Å²) < 4.78 is 0. The van der Waals surface area contributed by atoms with Crippen LogP contribution in [-0.2, 0) is 30.9 Å². The Morgan fingerprint density at radius 2 is 1.68 bits per heavy atom. The number of pyridine rings is 1. The summed E-state index contributed by atoms with van der Waals surface area (Å²) in [6, 6.07) is 12.1. The summed E-state index contributed by atoms with van der Waals surface area (Å²) in [5, 5.41) is 0. The summed E-state index contributed by atoms with van der Waals surface area (Å²) in [4.78, 5) is 4.55. The average molecular weight is 471 g/mol. The van der Waals surface area contributed by atoms with Gasteiger partial charge in [-0.15, -0.1) is 34.9 Å². The fourth-order valence-electron chi connectivity index (χ4n) is 3.41. The molecule has 0 fully saturated rings. The van der Waals surface area contributed by atoms with E-state index in [1.54, 1.807) is 0 Å². The molecule has 2 aromatic rings. The summed E-state index contributed by atoms with van der Waals surface area (Å²) >= 11 is 0. The normalized spacial score (nSPS) is 18.2. The number of aryl methyl sites for hydroxylation is 1. The van der Waals surface area contributed by atoms with Gasteiger partial charge in [-0.1, -0.05) is 45.7 Å². The minimum atomic E-state index is 0. The molecule has 0 atom stereocenters. The first-order chi connectivity index (χ1) is 9.81. The van der Waals surface area contributed by atoms with Gasteiger partial charge >= 0.3 is 0 Å². The van der Waals surface area contributed by atoms with Crippen molar-refractivity contribution in [3.8, 4) is 11.3 Å². The van der Waals surface area contributed by atoms with Crippen LogP contribution in [0.1, 0.15) is 57.2 Å². The quantitative estimate of drug-likeness (QED) is 0.522. The minimum Gasteiger partial charge on any atom is -0.304 e. The molecule has 0 amide bonds. The Kier molecular flexibility index (Phi) is 4.66. The van der Waals surface area contributed by atoms with Crippen LogP contribution < -0.4 is 0 Å². The Balaban J connectivity index is 0.00000176. The second-order valence-electron chi connectivity index (χ2n) is 7.61. The number of rotatable bonds is 1. The van der Waals surface area contributed by atoms with Gasteiger partial charge in [-0.3, -0.25) is 0 Å². The maximum absolute atomic E-state index is 4.55. The van der Waals surface area contributed by atoms with Crippen LogP contribution in [0.5, 0.6) is 0 Å². The third-order valence-electron chi connectivity index (χ3n) is 5.05. The predicted octanol–water partition coefficient (Wildman–Crippen LogP) is 5.20. The topological polar surface area (TPSA) is 12.9 Å². The van der Waals surface area contributed by atoms with E-state index in [0.29, 0.717) is 0 Å². The first-order valence-electron chi connectivity index (χ1n) is 7.80. The molecule has 1 radical (unpaired) electrons. The second kappa shape index (κ2) is 5.91. The molecule has 0 unspecified atom stereocenters. The zero-order valence-electron chi connectivity index (χ0n) is 14.1. The van der Waals surface area contributed by atoms with Crippen molar-refractivity contribution in [2.45, 2.75) is 58.3 Å². The fourth-order valence-corrected chi connectivity index (χ4v) is 3.41. The van der Waals surface area contributed by atoms with E-state index in [4.69, 9.17) is 0 Å². The first kappa shape index (κ1) is 17.4. The van der Waals surface area contributed by atoms with Crippen molar-refractivity contribution in [1.29, 1.82) is 0 Å². The van der Waals surface area contributed by atoms with Gasteiger partial charge in [0.15, 0.2) is 0 Å². The molecule has 1 aliphatic carbocycles. The Bertz CT molecular complexity index is 686. The molecule has 1 aromatic heterocycles. The molecule has 1 heterocycles. The van der Waals surface area contributed by atoms with Gasteiger partial charge in [-0.25, -0.2) is 0 Å². The van der Waals surface area contributed by atoms with Crippen LogP contribution >= 0.6 is 0 Å². The smallest absolute Gasteiger partial charge is 0.0160 e. The zero-order valence-corrected chi connectivity index (χ0v) is 16.5. The van der Waals surface area contributed by atoms with E-state index in [1.807, 2.05) is 12.3 Å². The zero-order chi connectivity index (χ0) is 15.3. The van der Waals surface area contributed by atoms with Crippen molar-refractivity contribution >= 4 is 0 Å². The van der Waals surface area contributed by atoms with Crippen molar-refractivity contribution < 1.29 is 20.1 Å². The van der Waals surface area contributed by atoms with Crippen LogP contribution in [0.15, 0.2) is 30.5 Å². The minimum absolute atomic E-state index is 0. The molecule has 1 aromatic carbocycles. The van der Waals surface area contributed by atoms with Crippen molar-refractivity contribution in [1.82, 2.24) is 4.98 Å². The van der Waals surface area contributed by atoms with E-state index in [-0.39, 0.29) is 30.9 Å². The average Bonchev–Trinajstić information content (AvgIpc) is 2.44. The molecule has 119 valence electrons. The van der Waals surface area contributed by atoms with Crippen LogP contribution in [0.3, 0.4) is 0 Å². The largest absolute Gasteiger partial charge is 0.304 e. The van der Waals surface area contributed by atoms with Gasteiger partial charge in [0, 0.05) is 26.3 Å². The molecular weight excluding hydrogens is 446 g/mol. The van der Waals surface area contributed by atoms with Crippen molar-refractivity contribution in [2.75, 3.05) is 0 Å². The number of nitrogens with zero attached hydrogens (tertiary/aromatic N) is 1. The summed E-state index contributed by atoms with van der Waals surface area (Å²) in [5.74, 6) is 0. The second-order valence-corrected chi connectivity index (χ2v) is 7.61. The summed E-state index contributed by atoms with van der Waals surface area (Å²) in [6.07, 6.45) is 4.34. The maximum Gasteiger partial charge on any atom is 0.0160 e. The molecule has 1 nitrogen and oxygen atoms in total. The first-order valence-corrected chi connectivity index (χ1v) is 7.80. The van der Waals surface area contributed by atoms with E-state index in [9.17, 15) is 0 Å². The Morgan fingerprint density at radius 3 is 2.32 bits per heavy atom. The van der Waals surface area contributed by atoms with E-state index < -0.39 is 0 Å². The molecule has 0 spiro atoms. The fraction of sp³-hybridized carbons (Fsp3) is 0.450. The van der Waals surface area contributed by atoms with Crippen molar-refractivity contribution in [2.24, 2.45) is 0 Å². The van der Waals surface area contributed by atoms with E-state index in [2.05, 4.69) is 63.9 Å². The Hall–Kier alpha value is -0.981. The molecule has 2 heteroatoms. The number of hydrogen-bond donors (Lipinski definition) is 0. The summed E-state index contributed by atoms with van der Waals surface area (Å²) in [7, 11) is 0. The molecule has 0 bridgehead atoms. The van der Waals surface area contributed by atoms with Crippen LogP contribution in [0.4, 0.5) is 0 Å². The Labute approximate surface area is 147 Å². The monoisotopic (exact) mass is 471 g/mol. The number of fused-ring (bicyclic) bond motifs is 1. The van der Waals surface area contributed by atoms with Crippen LogP contribution in [-0.4, -0.2) is 4.98 Å². The standard InChI is InChI=1S/C20H24N.Ir/c1-14-7-6-12-21-18(14)15-8-9-16-17(13-15)20(4,5)11-10-19(16,2)3;/h6-7,9,12-13H,10-11H2,1-5H3;/q-1;. The molecule has 3 rings (SSSR count). The van der Waals surface area contributed by atoms with Gasteiger partial charge < -0.3 is 4.98 Å². The third-order valence-corrected chi connectivity index (χ3v) is 5.05. The molecule has 0 aliphatic heterocycles. The van der Waals surface area contributed by atoms with Gasteiger partial charge in [0.25, 0.3) is 0 Å². The van der Waals surface area contributed by atoms with Crippen molar-refractivity contribution in [3.05, 3.63) is 53.2 Å². The van der Waals surface area contributed by atoms with E-state index >= 15 is 0 Å². The third kappa shape index (κ3) is 2.92. The Morgan fingerprint density at radius 1 is 1.05 bits per heavy atom. The van der Waals surface area contributed by atoms with Gasteiger partial charge in [0.1, 0.15) is 0 Å². The molecule has 0 N–H and O–H groups in total. The maximum atomic E-state index is 4.55. The van der Waals surface area contributed by atoms with Gasteiger partial charge in [0.2, 0.25) is 0 Å². The number of hydrogen-bond acceptors (Lipinski definition) is 1. The van der Waals surface area contributed by atoms with Crippen LogP contribution in [0.25, 0.3) is 11.3 Å². The van der Waals surface area contributed by atoms with E-state index in [1.165, 1.54) is 29.5 Å². The molecule has 22 heavy (non-hydrogen) atoms. The number of benzene rings is 1. The molecule has 1 aliphatic rings. The summed E-state index contributed by atoms with van der Waals surface area (Å²) in [5.41, 5.74) is 6.79. The van der Waals surface area contributed by atoms with Crippen LogP contribution in [0.2, 0.25) is 0 Å². The molecule has 0 saturated heterocycles. The van der Waals surface area contributed by atoms with E-state index in [0.717, 1.165) is 11.3 Å². The van der Waals surface area contributed by atoms with Gasteiger partial charge in [0.05, 0.1) is 0 Å².